The lowest BCUT2D eigenvalue weighted by Gasteiger charge is -2.35. The van der Waals surface area contributed by atoms with Crippen LogP contribution in [0.5, 0.6) is 0 Å². The Morgan fingerprint density at radius 2 is 2.00 bits per heavy atom. The Morgan fingerprint density at radius 1 is 1.23 bits per heavy atom. The van der Waals surface area contributed by atoms with E-state index in [2.05, 4.69) is 22.3 Å². The molecular formula is C20H28N2O4. The minimum absolute atomic E-state index is 0.0197. The van der Waals surface area contributed by atoms with E-state index in [1.807, 2.05) is 18.2 Å². The van der Waals surface area contributed by atoms with E-state index in [1.54, 1.807) is 0 Å². The molecule has 26 heavy (non-hydrogen) atoms. The topological polar surface area (TPSA) is 71.0 Å². The second kappa shape index (κ2) is 7.64. The molecule has 0 bridgehead atoms. The molecule has 2 N–H and O–H groups in total. The van der Waals surface area contributed by atoms with Gasteiger partial charge in [0.25, 0.3) is 0 Å². The number of benzene rings is 1. The van der Waals surface area contributed by atoms with Crippen molar-refractivity contribution in [3.63, 3.8) is 0 Å². The van der Waals surface area contributed by atoms with E-state index < -0.39 is 5.41 Å². The van der Waals surface area contributed by atoms with E-state index in [-0.39, 0.29) is 24.7 Å². The van der Waals surface area contributed by atoms with Gasteiger partial charge in [0, 0.05) is 38.4 Å². The lowest BCUT2D eigenvalue weighted by Crippen LogP contribution is -2.50. The highest BCUT2D eigenvalue weighted by Gasteiger charge is 2.43. The minimum Gasteiger partial charge on any atom is -0.395 e. The molecule has 6 heteroatoms. The number of fused-ring (bicyclic) bond motifs is 1. The molecule has 3 fully saturated rings. The molecule has 1 aromatic carbocycles. The van der Waals surface area contributed by atoms with Crippen LogP contribution in [-0.4, -0.2) is 67.5 Å². The monoisotopic (exact) mass is 360 g/mol. The molecule has 3 atom stereocenters. The Hall–Kier alpha value is -1.47. The molecule has 3 saturated heterocycles. The van der Waals surface area contributed by atoms with Crippen LogP contribution in [0.15, 0.2) is 30.3 Å². The van der Waals surface area contributed by atoms with Crippen LogP contribution in [0.2, 0.25) is 0 Å². The third-order valence-corrected chi connectivity index (χ3v) is 6.16. The number of carbonyl (C=O) groups is 1. The molecule has 6 nitrogen and oxygen atoms in total. The van der Waals surface area contributed by atoms with Crippen LogP contribution in [0.3, 0.4) is 0 Å². The summed E-state index contributed by atoms with van der Waals surface area (Å²) < 4.78 is 11.4. The van der Waals surface area contributed by atoms with Crippen molar-refractivity contribution < 1.29 is 19.4 Å². The van der Waals surface area contributed by atoms with Crippen molar-refractivity contribution >= 4 is 5.91 Å². The number of ether oxygens (including phenoxy) is 2. The van der Waals surface area contributed by atoms with Gasteiger partial charge in [-0.1, -0.05) is 30.3 Å². The molecule has 0 aliphatic carbocycles. The maximum absolute atomic E-state index is 12.8. The fraction of sp³-hybridized carbons (Fsp3) is 0.650. The first-order valence-electron chi connectivity index (χ1n) is 9.60. The molecule has 4 rings (SSSR count). The minimum atomic E-state index is -0.676. The molecule has 0 saturated carbocycles. The fourth-order valence-electron chi connectivity index (χ4n) is 4.41. The Morgan fingerprint density at radius 3 is 2.73 bits per heavy atom. The number of nitrogens with one attached hydrogen (secondary N) is 1. The van der Waals surface area contributed by atoms with Gasteiger partial charge in [0.1, 0.15) is 0 Å². The van der Waals surface area contributed by atoms with Gasteiger partial charge in [0.05, 0.1) is 24.7 Å². The molecule has 142 valence electrons. The van der Waals surface area contributed by atoms with E-state index >= 15 is 0 Å². The van der Waals surface area contributed by atoms with Gasteiger partial charge < -0.3 is 19.9 Å². The highest BCUT2D eigenvalue weighted by atomic mass is 16.5. The van der Waals surface area contributed by atoms with E-state index in [0.717, 1.165) is 19.5 Å². The Bertz CT molecular complexity index is 617. The van der Waals surface area contributed by atoms with Gasteiger partial charge in [0.2, 0.25) is 5.91 Å². The van der Waals surface area contributed by atoms with Gasteiger partial charge in [-0.15, -0.1) is 0 Å². The van der Waals surface area contributed by atoms with Crippen molar-refractivity contribution in [1.82, 2.24) is 10.2 Å². The van der Waals surface area contributed by atoms with Crippen LogP contribution >= 0.6 is 0 Å². The van der Waals surface area contributed by atoms with Crippen molar-refractivity contribution in [2.45, 2.75) is 37.5 Å². The molecule has 0 spiro atoms. The lowest BCUT2D eigenvalue weighted by atomic mass is 9.80. The molecule has 1 amide bonds. The number of rotatable bonds is 4. The lowest BCUT2D eigenvalue weighted by molar-refractivity contribution is -0.140. The molecule has 0 aromatic heterocycles. The average Bonchev–Trinajstić information content (AvgIpc) is 3.10. The molecule has 1 aromatic rings. The maximum Gasteiger partial charge on any atom is 0.228 e. The summed E-state index contributed by atoms with van der Waals surface area (Å²) in [5.74, 6) is -0.0197. The summed E-state index contributed by atoms with van der Waals surface area (Å²) in [7, 11) is 0. The predicted octanol–water partition coefficient (Wildman–Crippen LogP) is 1.11. The van der Waals surface area contributed by atoms with E-state index in [9.17, 15) is 9.90 Å². The highest BCUT2D eigenvalue weighted by Crippen LogP contribution is 2.33. The van der Waals surface area contributed by atoms with E-state index in [1.165, 1.54) is 5.56 Å². The number of hydrogen-bond donors (Lipinski definition) is 2. The molecule has 0 unspecified atom stereocenters. The third kappa shape index (κ3) is 3.51. The number of aliphatic hydroxyl groups is 1. The zero-order valence-electron chi connectivity index (χ0n) is 15.1. The number of amides is 1. The summed E-state index contributed by atoms with van der Waals surface area (Å²) in [6.07, 6.45) is 2.19. The van der Waals surface area contributed by atoms with Crippen molar-refractivity contribution in [3.05, 3.63) is 35.9 Å². The van der Waals surface area contributed by atoms with Gasteiger partial charge in [-0.3, -0.25) is 9.69 Å². The first-order valence-corrected chi connectivity index (χ1v) is 9.60. The molecule has 3 heterocycles. The van der Waals surface area contributed by atoms with Crippen LogP contribution in [0.4, 0.5) is 0 Å². The number of carbonyl (C=O) groups excluding carboxylic acids is 1. The SMILES string of the molecule is O=C(N[C@H]1C[C@H]2CO[C@@H](c3ccccc3)CN2C1)C1(CO)CCOCC1. The molecule has 3 aliphatic rings. The van der Waals surface area contributed by atoms with Crippen LogP contribution in [0, 0.1) is 5.41 Å². The van der Waals surface area contributed by atoms with Gasteiger partial charge in [-0.25, -0.2) is 0 Å². The fourth-order valence-corrected chi connectivity index (χ4v) is 4.41. The predicted molar refractivity (Wildman–Crippen MR) is 96.6 cm³/mol. The third-order valence-electron chi connectivity index (χ3n) is 6.16. The average molecular weight is 360 g/mol. The van der Waals surface area contributed by atoms with Crippen LogP contribution < -0.4 is 5.32 Å². The number of hydrogen-bond acceptors (Lipinski definition) is 5. The number of nitrogens with zero attached hydrogens (tertiary/aromatic N) is 1. The number of morpholine rings is 1. The summed E-state index contributed by atoms with van der Waals surface area (Å²) in [6.45, 7) is 3.38. The summed E-state index contributed by atoms with van der Waals surface area (Å²) in [6, 6.07) is 10.8. The quantitative estimate of drug-likeness (QED) is 0.842. The number of aliphatic hydroxyl groups excluding tert-OH is 1. The van der Waals surface area contributed by atoms with Crippen molar-refractivity contribution in [2.24, 2.45) is 5.41 Å². The zero-order valence-corrected chi connectivity index (χ0v) is 15.1. The largest absolute Gasteiger partial charge is 0.395 e. The summed E-state index contributed by atoms with van der Waals surface area (Å²) in [5, 5.41) is 13.0. The Labute approximate surface area is 154 Å². The standard InChI is InChI=1S/C20H28N2O4/c23-14-20(6-8-25-9-7-20)19(24)21-16-10-17-13-26-18(12-22(17)11-16)15-4-2-1-3-5-15/h1-5,16-18,23H,6-14H2,(H,21,24)/t16-,17-,18+/m0/s1. The normalized spacial score (nSPS) is 31.3. The first kappa shape index (κ1) is 17.9. The van der Waals surface area contributed by atoms with Crippen LogP contribution in [0.1, 0.15) is 30.9 Å². The van der Waals surface area contributed by atoms with Crippen molar-refractivity contribution in [1.29, 1.82) is 0 Å². The summed E-state index contributed by atoms with van der Waals surface area (Å²) >= 11 is 0. The zero-order chi connectivity index (χ0) is 18.0. The van der Waals surface area contributed by atoms with E-state index in [0.29, 0.717) is 38.7 Å². The highest BCUT2D eigenvalue weighted by molar-refractivity contribution is 5.83. The Kier molecular flexibility index (Phi) is 5.27. The summed E-state index contributed by atoms with van der Waals surface area (Å²) in [4.78, 5) is 15.3. The van der Waals surface area contributed by atoms with E-state index in [4.69, 9.17) is 9.47 Å². The smallest absolute Gasteiger partial charge is 0.228 e. The molecule has 0 radical (unpaired) electrons. The summed E-state index contributed by atoms with van der Waals surface area (Å²) in [5.41, 5.74) is 0.532. The second-order valence-electron chi connectivity index (χ2n) is 7.80. The maximum atomic E-state index is 12.8. The van der Waals surface area contributed by atoms with Gasteiger partial charge >= 0.3 is 0 Å². The second-order valence-corrected chi connectivity index (χ2v) is 7.80. The van der Waals surface area contributed by atoms with Crippen LogP contribution in [0.25, 0.3) is 0 Å². The first-order chi connectivity index (χ1) is 12.7. The molecule has 3 aliphatic heterocycles. The van der Waals surface area contributed by atoms with Crippen LogP contribution in [-0.2, 0) is 14.3 Å². The van der Waals surface area contributed by atoms with Gasteiger partial charge in [-0.2, -0.15) is 0 Å². The van der Waals surface area contributed by atoms with Crippen molar-refractivity contribution in [3.8, 4) is 0 Å². The molecular weight excluding hydrogens is 332 g/mol. The Balaban J connectivity index is 1.36. The van der Waals surface area contributed by atoms with Gasteiger partial charge in [0.15, 0.2) is 0 Å². The van der Waals surface area contributed by atoms with Gasteiger partial charge in [-0.05, 0) is 24.8 Å². The van der Waals surface area contributed by atoms with Crippen molar-refractivity contribution in [2.75, 3.05) is 39.5 Å².